The lowest BCUT2D eigenvalue weighted by molar-refractivity contribution is 0.00397. The van der Waals surface area contributed by atoms with Gasteiger partial charge in [-0.3, -0.25) is 0 Å². The first kappa shape index (κ1) is 17.7. The van der Waals surface area contributed by atoms with Gasteiger partial charge >= 0.3 is 0 Å². The highest BCUT2D eigenvalue weighted by molar-refractivity contribution is 5.79. The third kappa shape index (κ3) is 5.20. The van der Waals surface area contributed by atoms with E-state index in [1.54, 1.807) is 6.07 Å². The van der Waals surface area contributed by atoms with Crippen LogP contribution in [0, 0.1) is 11.2 Å². The number of aliphatic hydroxyl groups excluding tert-OH is 1. The number of hydrogen-bond donors (Lipinski definition) is 3. The molecule has 1 saturated carbocycles. The van der Waals surface area contributed by atoms with Gasteiger partial charge in [0.25, 0.3) is 0 Å². The summed E-state index contributed by atoms with van der Waals surface area (Å²) in [7, 11) is 0. The van der Waals surface area contributed by atoms with Crippen LogP contribution in [0.2, 0.25) is 0 Å². The molecule has 1 fully saturated rings. The fraction of sp³-hybridized carbons (Fsp3) is 0.611. The van der Waals surface area contributed by atoms with Crippen molar-refractivity contribution in [3.05, 3.63) is 35.6 Å². The molecule has 1 aromatic rings. The first-order valence-electron chi connectivity index (χ1n) is 8.48. The molecule has 2 atom stereocenters. The minimum atomic E-state index is -0.269. The third-order valence-electron chi connectivity index (χ3n) is 4.59. The Hall–Kier alpha value is -1.62. The summed E-state index contributed by atoms with van der Waals surface area (Å²) in [6, 6.07) is 6.49. The van der Waals surface area contributed by atoms with Crippen LogP contribution in [0.3, 0.4) is 0 Å². The van der Waals surface area contributed by atoms with E-state index < -0.39 is 0 Å². The topological polar surface area (TPSA) is 56.7 Å². The molecule has 1 aromatic carbocycles. The second kappa shape index (κ2) is 8.29. The number of benzene rings is 1. The number of nitrogens with one attached hydrogen (secondary N) is 2. The zero-order valence-electron chi connectivity index (χ0n) is 14.1. The Labute approximate surface area is 138 Å². The lowest BCUT2D eigenvalue weighted by Crippen LogP contribution is -2.48. The summed E-state index contributed by atoms with van der Waals surface area (Å²) in [6.45, 7) is 6.00. The predicted molar refractivity (Wildman–Crippen MR) is 91.8 cm³/mol. The van der Waals surface area contributed by atoms with E-state index in [1.807, 2.05) is 13.0 Å². The summed E-state index contributed by atoms with van der Waals surface area (Å²) < 4.78 is 13.2. The maximum Gasteiger partial charge on any atom is 0.191 e. The molecule has 0 heterocycles. The van der Waals surface area contributed by atoms with Crippen LogP contribution in [0.25, 0.3) is 0 Å². The molecule has 0 saturated heterocycles. The molecule has 5 heteroatoms. The van der Waals surface area contributed by atoms with Crippen molar-refractivity contribution >= 4 is 5.96 Å². The maximum absolute atomic E-state index is 13.2. The van der Waals surface area contributed by atoms with Crippen molar-refractivity contribution in [2.24, 2.45) is 10.4 Å². The molecule has 0 radical (unpaired) electrons. The average molecular weight is 321 g/mol. The van der Waals surface area contributed by atoms with Crippen LogP contribution >= 0.6 is 0 Å². The van der Waals surface area contributed by atoms with Crippen LogP contribution < -0.4 is 10.6 Å². The highest BCUT2D eigenvalue weighted by Gasteiger charge is 2.35. The van der Waals surface area contributed by atoms with Gasteiger partial charge in [-0.05, 0) is 37.5 Å². The number of nitrogens with zero attached hydrogens (tertiary/aromatic N) is 1. The molecule has 2 unspecified atom stereocenters. The highest BCUT2D eigenvalue weighted by Crippen LogP contribution is 2.35. The monoisotopic (exact) mass is 321 g/mol. The number of guanidine groups is 1. The number of rotatable bonds is 5. The number of hydrogen-bond acceptors (Lipinski definition) is 2. The standard InChI is InChI=1S/C18H28FN3O/c1-3-20-17(21-12-14-7-6-8-15(19)11-14)22-13-18(2)10-5-4-9-16(18)23/h6-8,11,16,23H,3-5,9-10,12-13H2,1-2H3,(H2,20,21,22). The SMILES string of the molecule is CCNC(=NCc1cccc(F)c1)NCC1(C)CCCCC1O. The number of aliphatic hydroxyl groups is 1. The Bertz CT molecular complexity index is 535. The predicted octanol–water partition coefficient (Wildman–Crippen LogP) is 2.82. The summed E-state index contributed by atoms with van der Waals surface area (Å²) in [6.07, 6.45) is 3.88. The highest BCUT2D eigenvalue weighted by atomic mass is 19.1. The Kier molecular flexibility index (Phi) is 6.39. The van der Waals surface area contributed by atoms with Crippen LogP contribution in [-0.4, -0.2) is 30.3 Å². The summed E-state index contributed by atoms with van der Waals surface area (Å²) >= 11 is 0. The van der Waals surface area contributed by atoms with Crippen molar-refractivity contribution in [2.45, 2.75) is 52.2 Å². The normalized spacial score (nSPS) is 25.2. The molecular weight excluding hydrogens is 293 g/mol. The van der Waals surface area contributed by atoms with E-state index in [2.05, 4.69) is 22.5 Å². The van der Waals surface area contributed by atoms with Crippen molar-refractivity contribution in [3.8, 4) is 0 Å². The quantitative estimate of drug-likeness (QED) is 0.577. The first-order valence-corrected chi connectivity index (χ1v) is 8.48. The minimum Gasteiger partial charge on any atom is -0.392 e. The smallest absolute Gasteiger partial charge is 0.191 e. The Morgan fingerprint density at radius 2 is 2.22 bits per heavy atom. The molecule has 2 rings (SSSR count). The van der Waals surface area contributed by atoms with E-state index in [9.17, 15) is 9.50 Å². The van der Waals surface area contributed by atoms with Crippen molar-refractivity contribution in [1.29, 1.82) is 0 Å². The molecule has 128 valence electrons. The van der Waals surface area contributed by atoms with Gasteiger partial charge in [0.15, 0.2) is 5.96 Å². The molecule has 1 aliphatic carbocycles. The van der Waals surface area contributed by atoms with E-state index >= 15 is 0 Å². The molecule has 23 heavy (non-hydrogen) atoms. The lowest BCUT2D eigenvalue weighted by atomic mass is 9.73. The fourth-order valence-electron chi connectivity index (χ4n) is 3.02. The van der Waals surface area contributed by atoms with Crippen molar-refractivity contribution < 1.29 is 9.50 Å². The fourth-order valence-corrected chi connectivity index (χ4v) is 3.02. The molecule has 4 nitrogen and oxygen atoms in total. The number of aliphatic imine (C=N–C) groups is 1. The largest absolute Gasteiger partial charge is 0.392 e. The van der Waals surface area contributed by atoms with Gasteiger partial charge in [0.2, 0.25) is 0 Å². The minimum absolute atomic E-state index is 0.118. The molecule has 0 spiro atoms. The van der Waals surface area contributed by atoms with E-state index in [0.717, 1.165) is 37.8 Å². The molecule has 0 bridgehead atoms. The molecule has 0 aromatic heterocycles. The van der Waals surface area contributed by atoms with Gasteiger partial charge < -0.3 is 15.7 Å². The molecule has 1 aliphatic rings. The van der Waals surface area contributed by atoms with Gasteiger partial charge in [-0.2, -0.15) is 0 Å². The van der Waals surface area contributed by atoms with Gasteiger partial charge in [-0.1, -0.05) is 31.9 Å². The van der Waals surface area contributed by atoms with E-state index in [1.165, 1.54) is 12.1 Å². The summed E-state index contributed by atoms with van der Waals surface area (Å²) in [5.74, 6) is 0.462. The molecule has 0 amide bonds. The molecular formula is C18H28FN3O. The van der Waals surface area contributed by atoms with Gasteiger partial charge in [-0.25, -0.2) is 9.38 Å². The van der Waals surface area contributed by atoms with E-state index in [0.29, 0.717) is 19.0 Å². The van der Waals surface area contributed by atoms with Gasteiger partial charge in [-0.15, -0.1) is 0 Å². The maximum atomic E-state index is 13.2. The van der Waals surface area contributed by atoms with Gasteiger partial charge in [0, 0.05) is 18.5 Å². The van der Waals surface area contributed by atoms with Crippen LogP contribution in [-0.2, 0) is 6.54 Å². The lowest BCUT2D eigenvalue weighted by Gasteiger charge is -2.38. The Morgan fingerprint density at radius 3 is 2.91 bits per heavy atom. The van der Waals surface area contributed by atoms with Crippen LogP contribution in [0.15, 0.2) is 29.3 Å². The van der Waals surface area contributed by atoms with Crippen molar-refractivity contribution in [3.63, 3.8) is 0 Å². The summed E-state index contributed by atoms with van der Waals surface area (Å²) in [4.78, 5) is 4.51. The van der Waals surface area contributed by atoms with Crippen molar-refractivity contribution in [2.75, 3.05) is 13.1 Å². The third-order valence-corrected chi connectivity index (χ3v) is 4.59. The second-order valence-electron chi connectivity index (χ2n) is 6.59. The van der Waals surface area contributed by atoms with Gasteiger partial charge in [0.1, 0.15) is 5.82 Å². The van der Waals surface area contributed by atoms with Crippen LogP contribution in [0.4, 0.5) is 4.39 Å². The zero-order chi connectivity index (χ0) is 16.7. The number of halogens is 1. The zero-order valence-corrected chi connectivity index (χ0v) is 14.1. The van der Waals surface area contributed by atoms with Crippen LogP contribution in [0.5, 0.6) is 0 Å². The molecule has 0 aliphatic heterocycles. The van der Waals surface area contributed by atoms with Gasteiger partial charge in [0.05, 0.1) is 12.6 Å². The Balaban J connectivity index is 1.96. The van der Waals surface area contributed by atoms with E-state index in [-0.39, 0.29) is 17.3 Å². The summed E-state index contributed by atoms with van der Waals surface area (Å²) in [5, 5.41) is 16.8. The first-order chi connectivity index (χ1) is 11.0. The summed E-state index contributed by atoms with van der Waals surface area (Å²) in [5.41, 5.74) is 0.721. The van der Waals surface area contributed by atoms with Crippen LogP contribution in [0.1, 0.15) is 45.1 Å². The average Bonchev–Trinajstić information content (AvgIpc) is 2.53. The van der Waals surface area contributed by atoms with E-state index in [4.69, 9.17) is 0 Å². The molecule has 3 N–H and O–H groups in total. The van der Waals surface area contributed by atoms with Crippen molar-refractivity contribution in [1.82, 2.24) is 10.6 Å². The second-order valence-corrected chi connectivity index (χ2v) is 6.59. The Morgan fingerprint density at radius 1 is 1.39 bits per heavy atom.